The molecule has 1 aromatic carbocycles. The average Bonchev–Trinajstić information content (AvgIpc) is 2.45. The molecule has 0 spiro atoms. The van der Waals surface area contributed by atoms with E-state index in [1.54, 1.807) is 26.0 Å². The highest BCUT2D eigenvalue weighted by atomic mass is 35.5. The van der Waals surface area contributed by atoms with Crippen molar-refractivity contribution in [3.63, 3.8) is 0 Å². The molecule has 0 heterocycles. The highest BCUT2D eigenvalue weighted by Gasteiger charge is 2.26. The van der Waals surface area contributed by atoms with Gasteiger partial charge in [-0.25, -0.2) is 8.42 Å². The molecule has 6 nitrogen and oxygen atoms in total. The van der Waals surface area contributed by atoms with Crippen LogP contribution in [-0.4, -0.2) is 36.3 Å². The predicted molar refractivity (Wildman–Crippen MR) is 82.9 cm³/mol. The number of sulfonamides is 1. The third kappa shape index (κ3) is 4.66. The predicted octanol–water partition coefficient (Wildman–Crippen LogP) is 2.79. The molecule has 1 aromatic rings. The second kappa shape index (κ2) is 7.20. The van der Waals surface area contributed by atoms with Crippen molar-refractivity contribution in [3.05, 3.63) is 39.9 Å². The van der Waals surface area contributed by atoms with Crippen molar-refractivity contribution >= 4 is 27.3 Å². The molecule has 0 saturated heterocycles. The van der Waals surface area contributed by atoms with Gasteiger partial charge in [0.2, 0.25) is 10.0 Å². The van der Waals surface area contributed by atoms with E-state index in [-0.39, 0.29) is 23.2 Å². The van der Waals surface area contributed by atoms with Gasteiger partial charge in [-0.3, -0.25) is 10.1 Å². The molecular formula is C13H19ClN2O4S. The molecule has 8 heteroatoms. The number of hydrogen-bond acceptors (Lipinski definition) is 4. The summed E-state index contributed by atoms with van der Waals surface area (Å²) in [6.45, 7) is 3.46. The van der Waals surface area contributed by atoms with Gasteiger partial charge in [0, 0.05) is 31.1 Å². The minimum Gasteiger partial charge on any atom is -0.258 e. The summed E-state index contributed by atoms with van der Waals surface area (Å²) < 4.78 is 25.8. The van der Waals surface area contributed by atoms with E-state index < -0.39 is 21.0 Å². The van der Waals surface area contributed by atoms with Crippen LogP contribution in [0.5, 0.6) is 0 Å². The molecule has 1 rings (SSSR count). The van der Waals surface area contributed by atoms with Crippen LogP contribution < -0.4 is 0 Å². The fourth-order valence-electron chi connectivity index (χ4n) is 1.87. The molecule has 0 aliphatic carbocycles. The molecule has 0 fully saturated rings. The van der Waals surface area contributed by atoms with Crippen LogP contribution >= 0.6 is 11.6 Å². The summed E-state index contributed by atoms with van der Waals surface area (Å²) in [5.74, 6) is 0.0567. The Labute approximate surface area is 129 Å². The van der Waals surface area contributed by atoms with Crippen molar-refractivity contribution in [2.24, 2.45) is 5.92 Å². The largest absolute Gasteiger partial charge is 0.269 e. The van der Waals surface area contributed by atoms with E-state index in [4.69, 9.17) is 11.6 Å². The lowest BCUT2D eigenvalue weighted by atomic mass is 10.1. The van der Waals surface area contributed by atoms with Crippen molar-refractivity contribution in [2.45, 2.75) is 19.9 Å². The average molecular weight is 335 g/mol. The fraction of sp³-hybridized carbons (Fsp3) is 0.538. The minimum absolute atomic E-state index is 0.0493. The number of nitro groups is 1. The Balaban J connectivity index is 2.99. The smallest absolute Gasteiger partial charge is 0.258 e. The van der Waals surface area contributed by atoms with Crippen molar-refractivity contribution in [1.29, 1.82) is 0 Å². The summed E-state index contributed by atoms with van der Waals surface area (Å²) in [5.41, 5.74) is 0.521. The van der Waals surface area contributed by atoms with E-state index in [9.17, 15) is 18.5 Å². The first-order valence-corrected chi connectivity index (χ1v) is 8.59. The normalized spacial score (nSPS) is 14.9. The quantitative estimate of drug-likeness (QED) is 0.436. The summed E-state index contributed by atoms with van der Waals surface area (Å²) >= 11 is 5.66. The van der Waals surface area contributed by atoms with Crippen molar-refractivity contribution in [2.75, 3.05) is 18.7 Å². The van der Waals surface area contributed by atoms with Gasteiger partial charge < -0.3 is 0 Å². The van der Waals surface area contributed by atoms with Crippen molar-refractivity contribution in [1.82, 2.24) is 4.31 Å². The Hall–Kier alpha value is -1.18. The zero-order valence-electron chi connectivity index (χ0n) is 12.2. The van der Waals surface area contributed by atoms with Gasteiger partial charge in [0.25, 0.3) is 5.69 Å². The number of rotatable bonds is 7. The van der Waals surface area contributed by atoms with Gasteiger partial charge in [-0.15, -0.1) is 11.6 Å². The van der Waals surface area contributed by atoms with Crippen LogP contribution in [-0.2, 0) is 10.0 Å². The number of nitro benzene ring substituents is 1. The topological polar surface area (TPSA) is 80.5 Å². The molecule has 0 radical (unpaired) electrons. The maximum Gasteiger partial charge on any atom is 0.269 e. The molecule has 0 amide bonds. The van der Waals surface area contributed by atoms with Crippen LogP contribution in [0.4, 0.5) is 5.69 Å². The number of benzene rings is 1. The van der Waals surface area contributed by atoms with Crippen LogP contribution in [0.25, 0.3) is 0 Å². The molecule has 21 heavy (non-hydrogen) atoms. The van der Waals surface area contributed by atoms with Crippen molar-refractivity contribution in [3.8, 4) is 0 Å². The lowest BCUT2D eigenvalue weighted by Crippen LogP contribution is -2.34. The Kier molecular flexibility index (Phi) is 6.12. The molecule has 0 N–H and O–H groups in total. The van der Waals surface area contributed by atoms with E-state index in [0.717, 1.165) is 0 Å². The minimum atomic E-state index is -3.47. The molecule has 0 saturated carbocycles. The van der Waals surface area contributed by atoms with E-state index in [0.29, 0.717) is 5.56 Å². The summed E-state index contributed by atoms with van der Waals surface area (Å²) in [4.78, 5) is 10.3. The first kappa shape index (κ1) is 17.9. The molecular weight excluding hydrogens is 316 g/mol. The van der Waals surface area contributed by atoms with Crippen LogP contribution in [0.1, 0.15) is 25.5 Å². The molecule has 0 bridgehead atoms. The Morgan fingerprint density at radius 3 is 2.52 bits per heavy atom. The SMILES string of the molecule is CC(CCl)CS(=O)(=O)N(C)C(C)c1cccc([N+](=O)[O-])c1. The van der Waals surface area contributed by atoms with Gasteiger partial charge in [0.1, 0.15) is 0 Å². The molecule has 2 unspecified atom stereocenters. The zero-order valence-corrected chi connectivity index (χ0v) is 13.8. The first-order chi connectivity index (χ1) is 9.69. The van der Waals surface area contributed by atoms with Crippen molar-refractivity contribution < 1.29 is 13.3 Å². The van der Waals surface area contributed by atoms with Gasteiger partial charge in [0.05, 0.1) is 10.7 Å². The molecule has 0 aliphatic heterocycles. The van der Waals surface area contributed by atoms with Gasteiger partial charge in [-0.05, 0) is 18.4 Å². The molecule has 118 valence electrons. The number of alkyl halides is 1. The van der Waals surface area contributed by atoms with E-state index in [2.05, 4.69) is 0 Å². The van der Waals surface area contributed by atoms with E-state index >= 15 is 0 Å². The highest BCUT2D eigenvalue weighted by Crippen LogP contribution is 2.25. The maximum absolute atomic E-state index is 12.3. The van der Waals surface area contributed by atoms with Gasteiger partial charge in [0.15, 0.2) is 0 Å². The summed E-state index contributed by atoms with van der Waals surface area (Å²) in [7, 11) is -2.00. The maximum atomic E-state index is 12.3. The van der Waals surface area contributed by atoms with Gasteiger partial charge in [-0.1, -0.05) is 19.1 Å². The number of nitrogens with zero attached hydrogens (tertiary/aromatic N) is 2. The van der Waals surface area contributed by atoms with Gasteiger partial charge in [-0.2, -0.15) is 4.31 Å². The summed E-state index contributed by atoms with van der Waals surface area (Å²) in [5, 5.41) is 10.8. The Bertz CT molecular complexity index is 606. The van der Waals surface area contributed by atoms with E-state index in [1.165, 1.54) is 23.5 Å². The first-order valence-electron chi connectivity index (χ1n) is 6.45. The third-order valence-corrected chi connectivity index (χ3v) is 6.02. The highest BCUT2D eigenvalue weighted by molar-refractivity contribution is 7.89. The Morgan fingerprint density at radius 1 is 1.38 bits per heavy atom. The van der Waals surface area contributed by atoms with Crippen LogP contribution in [0.3, 0.4) is 0 Å². The van der Waals surface area contributed by atoms with Crippen LogP contribution in [0, 0.1) is 16.0 Å². The summed E-state index contributed by atoms with van der Waals surface area (Å²) in [6.07, 6.45) is 0. The fourth-order valence-corrected chi connectivity index (χ4v) is 3.78. The second-order valence-corrected chi connectivity index (χ2v) is 7.46. The number of halogens is 1. The lowest BCUT2D eigenvalue weighted by Gasteiger charge is -2.25. The van der Waals surface area contributed by atoms with E-state index in [1.807, 2.05) is 0 Å². The Morgan fingerprint density at radius 2 is 2.00 bits per heavy atom. The molecule has 0 aliphatic rings. The number of hydrogen-bond donors (Lipinski definition) is 0. The molecule has 2 atom stereocenters. The zero-order chi connectivity index (χ0) is 16.2. The molecule has 0 aromatic heterocycles. The third-order valence-electron chi connectivity index (χ3n) is 3.31. The number of non-ortho nitro benzene ring substituents is 1. The summed E-state index contributed by atoms with van der Waals surface area (Å²) in [6, 6.07) is 5.50. The van der Waals surface area contributed by atoms with Gasteiger partial charge >= 0.3 is 0 Å². The lowest BCUT2D eigenvalue weighted by molar-refractivity contribution is -0.384. The monoisotopic (exact) mass is 334 g/mol. The second-order valence-electron chi connectivity index (χ2n) is 5.08. The van der Waals surface area contributed by atoms with Crippen LogP contribution in [0.15, 0.2) is 24.3 Å². The van der Waals surface area contributed by atoms with Crippen LogP contribution in [0.2, 0.25) is 0 Å². The standard InChI is InChI=1S/C13H19ClN2O4S/c1-10(8-14)9-21(19,20)15(3)11(2)12-5-4-6-13(7-12)16(17)18/h4-7,10-11H,8-9H2,1-3H3.